The van der Waals surface area contributed by atoms with Crippen LogP contribution in [0, 0.1) is 12.3 Å². The zero-order chi connectivity index (χ0) is 10.4. The van der Waals surface area contributed by atoms with Crippen molar-refractivity contribution >= 4 is 15.9 Å². The summed E-state index contributed by atoms with van der Waals surface area (Å²) in [7, 11) is 0. The van der Waals surface area contributed by atoms with Crippen LogP contribution in [0.25, 0.3) is 0 Å². The van der Waals surface area contributed by atoms with Crippen molar-refractivity contribution in [1.29, 1.82) is 0 Å². The predicted molar refractivity (Wildman–Crippen MR) is 63.9 cm³/mol. The van der Waals surface area contributed by atoms with Crippen LogP contribution in [-0.4, -0.2) is 6.04 Å². The number of terminal acetylenes is 1. The monoisotopic (exact) mass is 251 g/mol. The van der Waals surface area contributed by atoms with Crippen molar-refractivity contribution < 1.29 is 0 Å². The lowest BCUT2D eigenvalue weighted by atomic mass is 10.2. The van der Waals surface area contributed by atoms with Crippen LogP contribution < -0.4 is 5.32 Å². The zero-order valence-electron chi connectivity index (χ0n) is 8.26. The third kappa shape index (κ3) is 3.95. The fourth-order valence-electron chi connectivity index (χ4n) is 1.14. The van der Waals surface area contributed by atoms with E-state index in [-0.39, 0.29) is 0 Å². The normalized spacial score (nSPS) is 12.1. The first kappa shape index (κ1) is 11.3. The van der Waals surface area contributed by atoms with Crippen molar-refractivity contribution in [2.45, 2.75) is 25.9 Å². The number of nitrogens with one attached hydrogen (secondary N) is 1. The molecule has 0 aliphatic heterocycles. The maximum absolute atomic E-state index is 5.22. The van der Waals surface area contributed by atoms with Crippen molar-refractivity contribution in [3.63, 3.8) is 0 Å². The van der Waals surface area contributed by atoms with Crippen LogP contribution in [0.3, 0.4) is 0 Å². The first-order valence-corrected chi connectivity index (χ1v) is 5.43. The van der Waals surface area contributed by atoms with Crippen LogP contribution in [0.4, 0.5) is 0 Å². The van der Waals surface area contributed by atoms with E-state index in [2.05, 4.69) is 46.2 Å². The van der Waals surface area contributed by atoms with E-state index < -0.39 is 0 Å². The Bertz CT molecular complexity index is 310. The van der Waals surface area contributed by atoms with Gasteiger partial charge in [-0.2, -0.15) is 0 Å². The number of rotatable bonds is 4. The summed E-state index contributed by atoms with van der Waals surface area (Å²) in [4.78, 5) is 0. The molecule has 0 heterocycles. The lowest BCUT2D eigenvalue weighted by molar-refractivity contribution is 0.559. The second kappa shape index (κ2) is 5.85. The van der Waals surface area contributed by atoms with Crippen LogP contribution in [0.2, 0.25) is 0 Å². The molecule has 0 saturated heterocycles. The molecule has 0 radical (unpaired) electrons. The minimum absolute atomic E-state index is 0.378. The highest BCUT2D eigenvalue weighted by molar-refractivity contribution is 9.10. The van der Waals surface area contributed by atoms with Crippen LogP contribution in [0.15, 0.2) is 28.7 Å². The van der Waals surface area contributed by atoms with E-state index in [1.807, 2.05) is 12.1 Å². The smallest absolute Gasteiger partial charge is 0.0238 e. The van der Waals surface area contributed by atoms with Crippen molar-refractivity contribution in [2.75, 3.05) is 0 Å². The predicted octanol–water partition coefficient (Wildman–Crippen LogP) is 2.95. The molecule has 14 heavy (non-hydrogen) atoms. The summed E-state index contributed by atoms with van der Waals surface area (Å²) in [5.74, 6) is 2.64. The highest BCUT2D eigenvalue weighted by atomic mass is 79.9. The fourth-order valence-corrected chi connectivity index (χ4v) is 1.41. The van der Waals surface area contributed by atoms with E-state index in [0.29, 0.717) is 6.04 Å². The average Bonchev–Trinajstić information content (AvgIpc) is 2.17. The molecule has 0 aliphatic rings. The second-order valence-corrected chi connectivity index (χ2v) is 4.23. The lowest BCUT2D eigenvalue weighted by Gasteiger charge is -2.10. The maximum Gasteiger partial charge on any atom is 0.0238 e. The molecular weight excluding hydrogens is 238 g/mol. The van der Waals surface area contributed by atoms with Gasteiger partial charge in [0.05, 0.1) is 0 Å². The molecule has 74 valence electrons. The minimum atomic E-state index is 0.378. The van der Waals surface area contributed by atoms with E-state index in [0.717, 1.165) is 17.4 Å². The van der Waals surface area contributed by atoms with Crippen LogP contribution in [-0.2, 0) is 6.54 Å². The van der Waals surface area contributed by atoms with Crippen molar-refractivity contribution in [3.8, 4) is 12.3 Å². The van der Waals surface area contributed by atoms with Gasteiger partial charge in [0, 0.05) is 23.5 Å². The minimum Gasteiger partial charge on any atom is -0.309 e. The number of benzene rings is 1. The molecule has 1 atom stereocenters. The van der Waals surface area contributed by atoms with Gasteiger partial charge in [-0.05, 0) is 24.6 Å². The Morgan fingerprint density at radius 3 is 2.64 bits per heavy atom. The van der Waals surface area contributed by atoms with Gasteiger partial charge in [0.15, 0.2) is 0 Å². The van der Waals surface area contributed by atoms with E-state index >= 15 is 0 Å². The number of hydrogen-bond acceptors (Lipinski definition) is 1. The van der Waals surface area contributed by atoms with Gasteiger partial charge in [0.2, 0.25) is 0 Å². The fraction of sp³-hybridized carbons (Fsp3) is 0.333. The summed E-state index contributed by atoms with van der Waals surface area (Å²) in [6, 6.07) is 8.66. The number of hydrogen-bond donors (Lipinski definition) is 1. The molecule has 0 aromatic heterocycles. The summed E-state index contributed by atoms with van der Waals surface area (Å²) >= 11 is 3.40. The molecule has 1 aromatic carbocycles. The molecule has 2 heteroatoms. The Morgan fingerprint density at radius 2 is 2.07 bits per heavy atom. The van der Waals surface area contributed by atoms with Gasteiger partial charge in [0.1, 0.15) is 0 Å². The first-order chi connectivity index (χ1) is 6.72. The lowest BCUT2D eigenvalue weighted by Crippen LogP contribution is -2.24. The highest BCUT2D eigenvalue weighted by Crippen LogP contribution is 2.10. The van der Waals surface area contributed by atoms with E-state index in [1.54, 1.807) is 0 Å². The Labute approximate surface area is 94.0 Å². The standard InChI is InChI=1S/C12H14BrN/c1-3-4-10(2)14-9-11-5-7-12(13)8-6-11/h1,5-8,10,14H,4,9H2,2H3. The molecule has 0 saturated carbocycles. The molecule has 0 fully saturated rings. The molecule has 0 amide bonds. The molecule has 1 aromatic rings. The summed E-state index contributed by atoms with van der Waals surface area (Å²) in [6.07, 6.45) is 6.00. The SMILES string of the molecule is C#CCC(C)NCc1ccc(Br)cc1. The third-order valence-corrected chi connectivity index (χ3v) is 2.52. The topological polar surface area (TPSA) is 12.0 Å². The maximum atomic E-state index is 5.22. The van der Waals surface area contributed by atoms with Gasteiger partial charge in [-0.1, -0.05) is 28.1 Å². The van der Waals surface area contributed by atoms with Crippen molar-refractivity contribution in [2.24, 2.45) is 0 Å². The van der Waals surface area contributed by atoms with E-state index in [4.69, 9.17) is 6.42 Å². The third-order valence-electron chi connectivity index (χ3n) is 1.99. The molecule has 1 rings (SSSR count). The highest BCUT2D eigenvalue weighted by Gasteiger charge is 1.98. The van der Waals surface area contributed by atoms with Crippen molar-refractivity contribution in [3.05, 3.63) is 34.3 Å². The summed E-state index contributed by atoms with van der Waals surface area (Å²) < 4.78 is 1.11. The second-order valence-electron chi connectivity index (χ2n) is 3.32. The molecule has 1 unspecified atom stereocenters. The molecule has 1 N–H and O–H groups in total. The Kier molecular flexibility index (Phi) is 4.72. The molecular formula is C12H14BrN. The van der Waals surface area contributed by atoms with Gasteiger partial charge in [0.25, 0.3) is 0 Å². The Hall–Kier alpha value is -0.780. The summed E-state index contributed by atoms with van der Waals surface area (Å²) in [5, 5.41) is 3.36. The van der Waals surface area contributed by atoms with Crippen molar-refractivity contribution in [1.82, 2.24) is 5.32 Å². The Balaban J connectivity index is 2.39. The average molecular weight is 252 g/mol. The zero-order valence-corrected chi connectivity index (χ0v) is 9.84. The van der Waals surface area contributed by atoms with Gasteiger partial charge in [-0.15, -0.1) is 12.3 Å². The largest absolute Gasteiger partial charge is 0.309 e. The van der Waals surface area contributed by atoms with Gasteiger partial charge >= 0.3 is 0 Å². The summed E-state index contributed by atoms with van der Waals surface area (Å²) in [6.45, 7) is 2.97. The Morgan fingerprint density at radius 1 is 1.43 bits per heavy atom. The molecule has 1 nitrogen and oxygen atoms in total. The molecule has 0 aliphatic carbocycles. The quantitative estimate of drug-likeness (QED) is 0.812. The summed E-state index contributed by atoms with van der Waals surface area (Å²) in [5.41, 5.74) is 1.28. The van der Waals surface area contributed by atoms with Gasteiger partial charge < -0.3 is 5.32 Å². The first-order valence-electron chi connectivity index (χ1n) is 4.63. The molecule has 0 bridgehead atoms. The number of halogens is 1. The van der Waals surface area contributed by atoms with Crippen LogP contribution in [0.1, 0.15) is 18.9 Å². The van der Waals surface area contributed by atoms with Crippen LogP contribution >= 0.6 is 15.9 Å². The van der Waals surface area contributed by atoms with Crippen LogP contribution in [0.5, 0.6) is 0 Å². The molecule has 0 spiro atoms. The van der Waals surface area contributed by atoms with E-state index in [1.165, 1.54) is 5.56 Å². The van der Waals surface area contributed by atoms with E-state index in [9.17, 15) is 0 Å². The van der Waals surface area contributed by atoms with Gasteiger partial charge in [-0.3, -0.25) is 0 Å². The van der Waals surface area contributed by atoms with Gasteiger partial charge in [-0.25, -0.2) is 0 Å².